The lowest BCUT2D eigenvalue weighted by atomic mass is 10.0. The molecule has 0 aliphatic heterocycles. The lowest BCUT2D eigenvalue weighted by Crippen LogP contribution is -2.10. The molecule has 0 atom stereocenters. The van der Waals surface area contributed by atoms with Crippen molar-refractivity contribution in [3.8, 4) is 11.1 Å². The zero-order valence-electron chi connectivity index (χ0n) is 25.5. The molecule has 0 aliphatic rings. The van der Waals surface area contributed by atoms with Crippen LogP contribution in [0.15, 0.2) is 200 Å². The standard InChI is InChI=1S/C28H21N.C16H13N/c1-3-10-22(11-4-1)23-18-20-26(21-19-23)29(25-14-5-2-6-15-25)28-17-9-13-24-12-7-8-16-27(24)28;1-2-9-14(10-3-1)17-16-12-6-8-13-7-4-5-11-15(13)16/h1-21H;1-12,17H. The average molecular weight is 591 g/mol. The summed E-state index contributed by atoms with van der Waals surface area (Å²) >= 11 is 0. The van der Waals surface area contributed by atoms with Crippen molar-refractivity contribution in [3.63, 3.8) is 0 Å². The smallest absolute Gasteiger partial charge is 0.0540 e. The van der Waals surface area contributed by atoms with Crippen molar-refractivity contribution in [2.45, 2.75) is 0 Å². The van der Waals surface area contributed by atoms with Crippen molar-refractivity contribution in [2.75, 3.05) is 10.2 Å². The third kappa shape index (κ3) is 6.38. The van der Waals surface area contributed by atoms with Gasteiger partial charge in [0.2, 0.25) is 0 Å². The van der Waals surface area contributed by atoms with Gasteiger partial charge in [-0.1, -0.05) is 152 Å². The highest BCUT2D eigenvalue weighted by molar-refractivity contribution is 5.99. The molecule has 8 aromatic carbocycles. The van der Waals surface area contributed by atoms with Gasteiger partial charge in [-0.3, -0.25) is 0 Å². The Morgan fingerprint density at radius 2 is 0.804 bits per heavy atom. The number of nitrogens with one attached hydrogen (secondary N) is 1. The first kappa shape index (κ1) is 28.6. The van der Waals surface area contributed by atoms with Gasteiger partial charge >= 0.3 is 0 Å². The number of hydrogen-bond acceptors (Lipinski definition) is 2. The Hall–Kier alpha value is -6.12. The zero-order valence-corrected chi connectivity index (χ0v) is 25.5. The monoisotopic (exact) mass is 590 g/mol. The summed E-state index contributed by atoms with van der Waals surface area (Å²) in [5.41, 5.74) is 8.19. The molecule has 0 radical (unpaired) electrons. The molecule has 0 saturated carbocycles. The van der Waals surface area contributed by atoms with Crippen LogP contribution in [0.3, 0.4) is 0 Å². The Bertz CT molecular complexity index is 2150. The third-order valence-corrected chi connectivity index (χ3v) is 8.10. The van der Waals surface area contributed by atoms with E-state index in [0.29, 0.717) is 0 Å². The molecule has 0 heterocycles. The average Bonchev–Trinajstić information content (AvgIpc) is 3.14. The van der Waals surface area contributed by atoms with Gasteiger partial charge in [0.25, 0.3) is 0 Å². The molecule has 8 rings (SSSR count). The SMILES string of the molecule is c1ccc(-c2ccc(N(c3ccccc3)c3cccc4ccccc34)cc2)cc1.c1ccc(Nc2cccc3ccccc23)cc1. The Morgan fingerprint density at radius 3 is 1.50 bits per heavy atom. The maximum Gasteiger partial charge on any atom is 0.0540 e. The topological polar surface area (TPSA) is 15.3 Å². The van der Waals surface area contributed by atoms with Crippen LogP contribution < -0.4 is 10.2 Å². The number of fused-ring (bicyclic) bond motifs is 2. The van der Waals surface area contributed by atoms with Gasteiger partial charge in [-0.15, -0.1) is 0 Å². The minimum atomic E-state index is 1.11. The normalized spacial score (nSPS) is 10.6. The van der Waals surface area contributed by atoms with Gasteiger partial charge in [0.05, 0.1) is 5.69 Å². The molecule has 0 amide bonds. The van der Waals surface area contributed by atoms with E-state index in [1.165, 1.54) is 38.4 Å². The van der Waals surface area contributed by atoms with Crippen LogP contribution in [-0.4, -0.2) is 0 Å². The van der Waals surface area contributed by atoms with Gasteiger partial charge in [0.15, 0.2) is 0 Å². The van der Waals surface area contributed by atoms with Crippen molar-refractivity contribution < 1.29 is 0 Å². The minimum absolute atomic E-state index is 1.11. The van der Waals surface area contributed by atoms with E-state index < -0.39 is 0 Å². The number of rotatable bonds is 6. The number of benzene rings is 8. The molecule has 0 fully saturated rings. The quantitative estimate of drug-likeness (QED) is 0.207. The highest BCUT2D eigenvalue weighted by atomic mass is 15.1. The summed E-state index contributed by atoms with van der Waals surface area (Å²) in [4.78, 5) is 2.33. The van der Waals surface area contributed by atoms with Gasteiger partial charge in [0.1, 0.15) is 0 Å². The predicted octanol–water partition coefficient (Wildman–Crippen LogP) is 12.6. The molecule has 1 N–H and O–H groups in total. The maximum atomic E-state index is 3.45. The summed E-state index contributed by atoms with van der Waals surface area (Å²) in [6.07, 6.45) is 0. The van der Waals surface area contributed by atoms with E-state index in [0.717, 1.165) is 22.7 Å². The molecular formula is C44H34N2. The Morgan fingerprint density at radius 1 is 0.326 bits per heavy atom. The molecule has 0 unspecified atom stereocenters. The summed E-state index contributed by atoms with van der Waals surface area (Å²) in [6, 6.07) is 69.9. The first-order valence-electron chi connectivity index (χ1n) is 15.6. The van der Waals surface area contributed by atoms with Crippen LogP contribution in [0.2, 0.25) is 0 Å². The highest BCUT2D eigenvalue weighted by Crippen LogP contribution is 2.39. The largest absolute Gasteiger partial charge is 0.355 e. The second-order valence-electron chi connectivity index (χ2n) is 11.1. The fraction of sp³-hybridized carbons (Fsp3) is 0. The van der Waals surface area contributed by atoms with E-state index in [9.17, 15) is 0 Å². The van der Waals surface area contributed by atoms with E-state index in [1.807, 2.05) is 18.2 Å². The second-order valence-corrected chi connectivity index (χ2v) is 11.1. The van der Waals surface area contributed by atoms with E-state index >= 15 is 0 Å². The lowest BCUT2D eigenvalue weighted by Gasteiger charge is -2.27. The summed E-state index contributed by atoms with van der Waals surface area (Å²) in [7, 11) is 0. The first-order valence-corrected chi connectivity index (χ1v) is 15.6. The molecule has 2 nitrogen and oxygen atoms in total. The minimum Gasteiger partial charge on any atom is -0.355 e. The Balaban J connectivity index is 0.000000169. The molecule has 0 saturated heterocycles. The summed E-state index contributed by atoms with van der Waals surface area (Å²) in [5, 5.41) is 8.44. The number of hydrogen-bond donors (Lipinski definition) is 1. The van der Waals surface area contributed by atoms with Crippen molar-refractivity contribution in [2.24, 2.45) is 0 Å². The summed E-state index contributed by atoms with van der Waals surface area (Å²) in [5.74, 6) is 0. The molecule has 0 aliphatic carbocycles. The molecule has 0 bridgehead atoms. The lowest BCUT2D eigenvalue weighted by molar-refractivity contribution is 1.30. The second kappa shape index (κ2) is 13.7. The summed E-state index contributed by atoms with van der Waals surface area (Å²) < 4.78 is 0. The van der Waals surface area contributed by atoms with Crippen molar-refractivity contribution in [1.82, 2.24) is 0 Å². The molecule has 0 spiro atoms. The van der Waals surface area contributed by atoms with Crippen LogP contribution in [0.25, 0.3) is 32.7 Å². The number of para-hydroxylation sites is 2. The van der Waals surface area contributed by atoms with Crippen LogP contribution >= 0.6 is 0 Å². The summed E-state index contributed by atoms with van der Waals surface area (Å²) in [6.45, 7) is 0. The van der Waals surface area contributed by atoms with Crippen LogP contribution in [0.4, 0.5) is 28.4 Å². The van der Waals surface area contributed by atoms with Crippen molar-refractivity contribution in [1.29, 1.82) is 0 Å². The van der Waals surface area contributed by atoms with Gasteiger partial charge < -0.3 is 10.2 Å². The van der Waals surface area contributed by atoms with Gasteiger partial charge in [0, 0.05) is 33.5 Å². The van der Waals surface area contributed by atoms with Crippen LogP contribution in [0.1, 0.15) is 0 Å². The maximum absolute atomic E-state index is 3.45. The molecule has 0 aromatic heterocycles. The van der Waals surface area contributed by atoms with E-state index in [1.54, 1.807) is 0 Å². The van der Waals surface area contributed by atoms with E-state index in [2.05, 4.69) is 192 Å². The van der Waals surface area contributed by atoms with E-state index in [4.69, 9.17) is 0 Å². The van der Waals surface area contributed by atoms with Crippen molar-refractivity contribution >= 4 is 50.0 Å². The molecule has 2 heteroatoms. The number of nitrogens with zero attached hydrogens (tertiary/aromatic N) is 1. The van der Waals surface area contributed by atoms with E-state index in [-0.39, 0.29) is 0 Å². The van der Waals surface area contributed by atoms with Crippen LogP contribution in [-0.2, 0) is 0 Å². The fourth-order valence-corrected chi connectivity index (χ4v) is 5.85. The fourth-order valence-electron chi connectivity index (χ4n) is 5.85. The molecule has 46 heavy (non-hydrogen) atoms. The molecule has 8 aromatic rings. The molecular weight excluding hydrogens is 556 g/mol. The predicted molar refractivity (Wildman–Crippen MR) is 198 cm³/mol. The van der Waals surface area contributed by atoms with Crippen LogP contribution in [0, 0.1) is 0 Å². The highest BCUT2D eigenvalue weighted by Gasteiger charge is 2.15. The third-order valence-electron chi connectivity index (χ3n) is 8.10. The van der Waals surface area contributed by atoms with Gasteiger partial charge in [-0.25, -0.2) is 0 Å². The van der Waals surface area contributed by atoms with Gasteiger partial charge in [-0.05, 0) is 70.4 Å². The zero-order chi connectivity index (χ0) is 31.0. The van der Waals surface area contributed by atoms with Gasteiger partial charge in [-0.2, -0.15) is 0 Å². The molecule has 220 valence electrons. The van der Waals surface area contributed by atoms with Crippen molar-refractivity contribution in [3.05, 3.63) is 200 Å². The Labute approximate surface area is 270 Å². The number of anilines is 5. The van der Waals surface area contributed by atoms with Crippen LogP contribution in [0.5, 0.6) is 0 Å². The Kier molecular flexibility index (Phi) is 8.51. The first-order chi connectivity index (χ1) is 22.8.